The van der Waals surface area contributed by atoms with Crippen molar-refractivity contribution in [2.75, 3.05) is 33.3 Å². The van der Waals surface area contributed by atoms with Gasteiger partial charge < -0.3 is 4.84 Å². The summed E-state index contributed by atoms with van der Waals surface area (Å²) in [5.41, 5.74) is 3.30. The van der Waals surface area contributed by atoms with Crippen molar-refractivity contribution in [3.63, 3.8) is 0 Å². The largest absolute Gasteiger partial charge is 0.302 e. The molecule has 126 valence electrons. The number of benzene rings is 1. The summed E-state index contributed by atoms with van der Waals surface area (Å²) in [4.78, 5) is 31.1. The molecule has 2 saturated heterocycles. The Morgan fingerprint density at radius 1 is 1.04 bits per heavy atom. The van der Waals surface area contributed by atoms with E-state index in [-0.39, 0.29) is 11.8 Å². The van der Waals surface area contributed by atoms with Crippen LogP contribution in [0.3, 0.4) is 0 Å². The number of hydrazine groups is 1. The maximum absolute atomic E-state index is 12.9. The smallest absolute Gasteiger partial charge is 0.258 e. The molecule has 0 aliphatic carbocycles. The summed E-state index contributed by atoms with van der Waals surface area (Å²) in [5, 5.41) is 4.87. The van der Waals surface area contributed by atoms with Gasteiger partial charge in [0.1, 0.15) is 5.92 Å². The van der Waals surface area contributed by atoms with Crippen molar-refractivity contribution in [2.24, 2.45) is 0 Å². The Bertz CT molecular complexity index is 689. The molecule has 2 aliphatic rings. The summed E-state index contributed by atoms with van der Waals surface area (Å²) >= 11 is 0. The first-order valence-corrected chi connectivity index (χ1v) is 7.97. The van der Waals surface area contributed by atoms with Crippen molar-refractivity contribution >= 4 is 11.8 Å². The standard InChI is InChI=1S/C18H21N3O3/c1-5-14-10-12(2)15(13(3)11-14)16-17(22)20-8-6-19(24-4)7-9-21(20)18(16)23/h1,10-11,16H,6-9H2,2-4H3. The lowest BCUT2D eigenvalue weighted by atomic mass is 9.88. The average Bonchev–Trinajstić information content (AvgIpc) is 2.72. The van der Waals surface area contributed by atoms with E-state index in [0.717, 1.165) is 22.3 Å². The van der Waals surface area contributed by atoms with Gasteiger partial charge in [-0.25, -0.2) is 10.0 Å². The molecule has 0 spiro atoms. The maximum Gasteiger partial charge on any atom is 0.258 e. The highest BCUT2D eigenvalue weighted by Gasteiger charge is 2.48. The predicted octanol–water partition coefficient (Wildman–Crippen LogP) is 0.831. The highest BCUT2D eigenvalue weighted by Crippen LogP contribution is 2.34. The molecule has 2 fully saturated rings. The van der Waals surface area contributed by atoms with Crippen LogP contribution in [0.5, 0.6) is 0 Å². The summed E-state index contributed by atoms with van der Waals surface area (Å²) in [5.74, 6) is 1.50. The van der Waals surface area contributed by atoms with Crippen LogP contribution in [0, 0.1) is 26.2 Å². The van der Waals surface area contributed by atoms with E-state index in [1.54, 1.807) is 22.2 Å². The van der Waals surface area contributed by atoms with Crippen LogP contribution in [0.15, 0.2) is 12.1 Å². The van der Waals surface area contributed by atoms with Crippen molar-refractivity contribution in [1.29, 1.82) is 0 Å². The van der Waals surface area contributed by atoms with E-state index in [1.165, 1.54) is 0 Å². The molecular formula is C18H21N3O3. The topological polar surface area (TPSA) is 53.1 Å². The van der Waals surface area contributed by atoms with Crippen LogP contribution < -0.4 is 0 Å². The van der Waals surface area contributed by atoms with E-state index in [0.29, 0.717) is 26.2 Å². The summed E-state index contributed by atoms with van der Waals surface area (Å²) < 4.78 is 0. The van der Waals surface area contributed by atoms with Gasteiger partial charge >= 0.3 is 0 Å². The Labute approximate surface area is 141 Å². The Kier molecular flexibility index (Phi) is 4.31. The molecular weight excluding hydrogens is 306 g/mol. The lowest BCUT2D eigenvalue weighted by Gasteiger charge is -2.23. The molecule has 2 heterocycles. The highest BCUT2D eigenvalue weighted by atomic mass is 16.7. The molecule has 0 bridgehead atoms. The van der Waals surface area contributed by atoms with Crippen LogP contribution >= 0.6 is 0 Å². The van der Waals surface area contributed by atoms with Crippen LogP contribution in [0.25, 0.3) is 0 Å². The van der Waals surface area contributed by atoms with Crippen molar-refractivity contribution in [3.8, 4) is 12.3 Å². The van der Waals surface area contributed by atoms with E-state index in [4.69, 9.17) is 11.3 Å². The van der Waals surface area contributed by atoms with Gasteiger partial charge in [-0.2, -0.15) is 5.06 Å². The number of hydrogen-bond donors (Lipinski definition) is 0. The van der Waals surface area contributed by atoms with Crippen molar-refractivity contribution in [1.82, 2.24) is 15.1 Å². The second kappa shape index (κ2) is 6.27. The minimum Gasteiger partial charge on any atom is -0.302 e. The molecule has 0 aromatic heterocycles. The number of carbonyl (C=O) groups excluding carboxylic acids is 2. The molecule has 2 amide bonds. The first-order valence-electron chi connectivity index (χ1n) is 7.97. The predicted molar refractivity (Wildman–Crippen MR) is 88.6 cm³/mol. The van der Waals surface area contributed by atoms with Gasteiger partial charge in [0, 0.05) is 18.7 Å². The molecule has 0 saturated carbocycles. The van der Waals surface area contributed by atoms with Gasteiger partial charge in [0.15, 0.2) is 0 Å². The molecule has 6 heteroatoms. The van der Waals surface area contributed by atoms with Crippen LogP contribution in [-0.4, -0.2) is 60.2 Å². The van der Waals surface area contributed by atoms with Gasteiger partial charge in [-0.15, -0.1) is 6.42 Å². The number of carbonyl (C=O) groups is 2. The number of rotatable bonds is 2. The first kappa shape index (κ1) is 16.5. The Hall–Kier alpha value is -2.36. The third kappa shape index (κ3) is 2.56. The fraction of sp³-hybridized carbons (Fsp3) is 0.444. The number of nitrogens with zero attached hydrogens (tertiary/aromatic N) is 3. The number of hydroxylamine groups is 2. The summed E-state index contributed by atoms with van der Waals surface area (Å²) in [6.45, 7) is 5.83. The first-order chi connectivity index (χ1) is 11.5. The molecule has 0 radical (unpaired) electrons. The van der Waals surface area contributed by atoms with Gasteiger partial charge in [0.2, 0.25) is 0 Å². The van der Waals surface area contributed by atoms with E-state index in [1.807, 2.05) is 26.0 Å². The van der Waals surface area contributed by atoms with E-state index in [2.05, 4.69) is 5.92 Å². The van der Waals surface area contributed by atoms with Crippen LogP contribution in [0.4, 0.5) is 0 Å². The number of fused-ring (bicyclic) bond motifs is 1. The Morgan fingerprint density at radius 2 is 1.54 bits per heavy atom. The van der Waals surface area contributed by atoms with Crippen LogP contribution in [0.2, 0.25) is 0 Å². The molecule has 1 aromatic rings. The minimum absolute atomic E-state index is 0.169. The molecule has 3 rings (SSSR count). The molecule has 0 unspecified atom stereocenters. The lowest BCUT2D eigenvalue weighted by molar-refractivity contribution is -0.145. The third-order valence-electron chi connectivity index (χ3n) is 4.72. The van der Waals surface area contributed by atoms with Gasteiger partial charge in [-0.05, 0) is 42.7 Å². The second-order valence-electron chi connectivity index (χ2n) is 6.14. The number of amides is 2. The Morgan fingerprint density at radius 3 is 1.96 bits per heavy atom. The third-order valence-corrected chi connectivity index (χ3v) is 4.72. The van der Waals surface area contributed by atoms with Gasteiger partial charge in [0.25, 0.3) is 11.8 Å². The van der Waals surface area contributed by atoms with E-state index in [9.17, 15) is 9.59 Å². The molecule has 6 nitrogen and oxygen atoms in total. The van der Waals surface area contributed by atoms with Gasteiger partial charge in [0.05, 0.1) is 20.2 Å². The summed E-state index contributed by atoms with van der Waals surface area (Å²) in [6, 6.07) is 3.71. The monoisotopic (exact) mass is 327 g/mol. The average molecular weight is 327 g/mol. The molecule has 2 aliphatic heterocycles. The highest BCUT2D eigenvalue weighted by molar-refractivity contribution is 6.10. The fourth-order valence-electron chi connectivity index (χ4n) is 3.57. The van der Waals surface area contributed by atoms with E-state index < -0.39 is 5.92 Å². The summed E-state index contributed by atoms with van der Waals surface area (Å²) in [6.07, 6.45) is 5.47. The van der Waals surface area contributed by atoms with Crippen molar-refractivity contribution in [3.05, 3.63) is 34.4 Å². The number of terminal acetylenes is 1. The molecule has 24 heavy (non-hydrogen) atoms. The normalized spacial score (nSPS) is 19.4. The maximum atomic E-state index is 12.9. The van der Waals surface area contributed by atoms with E-state index >= 15 is 0 Å². The fourth-order valence-corrected chi connectivity index (χ4v) is 3.57. The zero-order chi connectivity index (χ0) is 17.4. The van der Waals surface area contributed by atoms with Crippen molar-refractivity contribution in [2.45, 2.75) is 19.8 Å². The number of hydrogen-bond acceptors (Lipinski definition) is 4. The lowest BCUT2D eigenvalue weighted by Crippen LogP contribution is -2.41. The summed E-state index contributed by atoms with van der Waals surface area (Å²) in [7, 11) is 1.60. The van der Waals surface area contributed by atoms with Crippen molar-refractivity contribution < 1.29 is 14.4 Å². The molecule has 0 N–H and O–H groups in total. The van der Waals surface area contributed by atoms with Gasteiger partial charge in [-0.3, -0.25) is 9.59 Å². The van der Waals surface area contributed by atoms with Gasteiger partial charge in [-0.1, -0.05) is 5.92 Å². The SMILES string of the molecule is C#Cc1cc(C)c(C2C(=O)N3CCN(OC)CCN3C2=O)c(C)c1. The van der Waals surface area contributed by atoms with Crippen LogP contribution in [0.1, 0.15) is 28.2 Å². The zero-order valence-corrected chi connectivity index (χ0v) is 14.2. The quantitative estimate of drug-likeness (QED) is 0.596. The Balaban J connectivity index is 1.96. The number of aryl methyl sites for hydroxylation is 2. The van der Waals surface area contributed by atoms with Crippen LogP contribution in [-0.2, 0) is 14.4 Å². The second-order valence-corrected chi connectivity index (χ2v) is 6.14. The molecule has 1 aromatic carbocycles. The molecule has 0 atom stereocenters. The minimum atomic E-state index is -0.772. The zero-order valence-electron chi connectivity index (χ0n) is 14.2.